The molecule has 0 aliphatic rings. The highest BCUT2D eigenvalue weighted by molar-refractivity contribution is 7.83. The van der Waals surface area contributed by atoms with Crippen molar-refractivity contribution >= 4 is 33.5 Å². The Hall–Kier alpha value is -3.17. The van der Waals surface area contributed by atoms with Gasteiger partial charge in [0, 0.05) is 11.8 Å². The quantitative estimate of drug-likeness (QED) is 0.425. The number of aromatic nitrogens is 3. The van der Waals surface area contributed by atoms with Crippen molar-refractivity contribution in [2.24, 2.45) is 0 Å². The van der Waals surface area contributed by atoms with Crippen molar-refractivity contribution < 1.29 is 13.4 Å². The van der Waals surface area contributed by atoms with Gasteiger partial charge in [-0.05, 0) is 51.2 Å². The van der Waals surface area contributed by atoms with Gasteiger partial charge in [-0.3, -0.25) is 0 Å². The van der Waals surface area contributed by atoms with Crippen LogP contribution in [0.15, 0.2) is 58.4 Å². The van der Waals surface area contributed by atoms with Gasteiger partial charge >= 0.3 is 0 Å². The van der Waals surface area contributed by atoms with E-state index in [4.69, 9.17) is 9.15 Å². The van der Waals surface area contributed by atoms with E-state index in [1.807, 2.05) is 32.2 Å². The van der Waals surface area contributed by atoms with Crippen molar-refractivity contribution in [2.45, 2.75) is 24.8 Å². The molecule has 4 aromatic rings. The lowest BCUT2D eigenvalue weighted by atomic mass is 10.2. The van der Waals surface area contributed by atoms with Crippen LogP contribution in [0.1, 0.15) is 13.8 Å². The van der Waals surface area contributed by atoms with Crippen molar-refractivity contribution in [3.05, 3.63) is 49.1 Å². The summed E-state index contributed by atoms with van der Waals surface area (Å²) in [5.74, 6) is 1.93. The number of nitrogens with zero attached hydrogens (tertiary/aromatic N) is 2. The number of anilines is 2. The Labute approximate surface area is 170 Å². The van der Waals surface area contributed by atoms with E-state index in [2.05, 4.69) is 25.0 Å². The number of H-pyrrole nitrogens is 1. The summed E-state index contributed by atoms with van der Waals surface area (Å²) in [6.07, 6.45) is 4.91. The van der Waals surface area contributed by atoms with Gasteiger partial charge in [-0.25, -0.2) is 18.9 Å². The smallest absolute Gasteiger partial charge is 0.144 e. The minimum Gasteiger partial charge on any atom is -0.489 e. The van der Waals surface area contributed by atoms with E-state index in [0.29, 0.717) is 33.6 Å². The van der Waals surface area contributed by atoms with E-state index < -0.39 is 11.0 Å². The zero-order valence-corrected chi connectivity index (χ0v) is 17.0. The van der Waals surface area contributed by atoms with Gasteiger partial charge < -0.3 is 19.5 Å². The van der Waals surface area contributed by atoms with Crippen molar-refractivity contribution in [1.29, 1.82) is 0 Å². The number of benzene rings is 1. The van der Waals surface area contributed by atoms with E-state index >= 15 is 0 Å². The maximum atomic E-state index is 12.2. The summed E-state index contributed by atoms with van der Waals surface area (Å²) in [6.45, 7) is 3.90. The Bertz CT molecular complexity index is 1150. The molecule has 3 heterocycles. The number of hydrogen-bond donors (Lipinski definition) is 3. The molecule has 0 saturated carbocycles. The molecule has 3 aromatic heterocycles. The summed E-state index contributed by atoms with van der Waals surface area (Å²) in [7, 11) is 0.317. The molecule has 1 aromatic carbocycles. The zero-order chi connectivity index (χ0) is 20.4. The molecule has 3 N–H and O–H groups in total. The molecular formula is C20H21N5O3S. The van der Waals surface area contributed by atoms with Crippen molar-refractivity contribution in [2.75, 3.05) is 12.4 Å². The first-order valence-corrected chi connectivity index (χ1v) is 10.2. The van der Waals surface area contributed by atoms with Gasteiger partial charge in [0.2, 0.25) is 0 Å². The molecule has 0 saturated heterocycles. The molecule has 9 heteroatoms. The van der Waals surface area contributed by atoms with E-state index in [0.717, 1.165) is 10.9 Å². The van der Waals surface area contributed by atoms with Crippen molar-refractivity contribution in [1.82, 2.24) is 19.7 Å². The van der Waals surface area contributed by atoms with E-state index in [9.17, 15) is 4.21 Å². The number of ether oxygens (including phenoxy) is 1. The third-order valence-electron chi connectivity index (χ3n) is 4.22. The Balaban J connectivity index is 1.82. The first kappa shape index (κ1) is 19.2. The molecule has 1 unspecified atom stereocenters. The highest BCUT2D eigenvalue weighted by Gasteiger charge is 2.17. The number of aromatic amines is 1. The van der Waals surface area contributed by atoms with Crippen LogP contribution in [0.5, 0.6) is 5.75 Å². The van der Waals surface area contributed by atoms with Crippen molar-refractivity contribution in [3.8, 4) is 17.1 Å². The lowest BCUT2D eigenvalue weighted by Gasteiger charge is -2.17. The van der Waals surface area contributed by atoms with Crippen LogP contribution in [-0.4, -0.2) is 32.3 Å². The Morgan fingerprint density at radius 3 is 2.83 bits per heavy atom. The highest BCUT2D eigenvalue weighted by atomic mass is 32.2. The fourth-order valence-electron chi connectivity index (χ4n) is 3.01. The third kappa shape index (κ3) is 3.87. The molecule has 0 radical (unpaired) electrons. The average Bonchev–Trinajstić information content (AvgIpc) is 3.38. The minimum absolute atomic E-state index is 0.0208. The molecule has 0 fully saturated rings. The van der Waals surface area contributed by atoms with Crippen LogP contribution in [0, 0.1) is 0 Å². The molecular weight excluding hydrogens is 390 g/mol. The highest BCUT2D eigenvalue weighted by Crippen LogP contribution is 2.36. The standard InChI is InChI=1S/C20H21N5O3S/c1-12(2)28-17-7-6-13(29(26)21-3)9-15(17)25-20-18-14(16-5-4-8-27-16)10-22-19(18)23-11-24-20/h4-12,21H,1-3H3,(H2,22,23,24,25). The van der Waals surface area contributed by atoms with Gasteiger partial charge in [-0.15, -0.1) is 0 Å². The van der Waals surface area contributed by atoms with Gasteiger partial charge in [0.05, 0.1) is 28.3 Å². The van der Waals surface area contributed by atoms with Crippen LogP contribution in [0.3, 0.4) is 0 Å². The van der Waals surface area contributed by atoms with Crippen LogP contribution in [-0.2, 0) is 11.0 Å². The Morgan fingerprint density at radius 2 is 2.10 bits per heavy atom. The summed E-state index contributed by atoms with van der Waals surface area (Å²) >= 11 is 0. The fraction of sp³-hybridized carbons (Fsp3) is 0.200. The predicted octanol–water partition coefficient (Wildman–Crippen LogP) is 3.99. The molecule has 150 valence electrons. The van der Waals surface area contributed by atoms with Crippen LogP contribution in [0.2, 0.25) is 0 Å². The van der Waals surface area contributed by atoms with Crippen LogP contribution in [0.25, 0.3) is 22.4 Å². The Morgan fingerprint density at radius 1 is 1.24 bits per heavy atom. The first-order chi connectivity index (χ1) is 14.1. The number of furan rings is 1. The zero-order valence-electron chi connectivity index (χ0n) is 16.2. The Kier molecular flexibility index (Phi) is 5.32. The number of nitrogens with one attached hydrogen (secondary N) is 3. The summed E-state index contributed by atoms with van der Waals surface area (Å²) in [6, 6.07) is 9.07. The monoisotopic (exact) mass is 411 g/mol. The van der Waals surface area contributed by atoms with Gasteiger partial charge in [0.15, 0.2) is 0 Å². The second kappa shape index (κ2) is 8.06. The lowest BCUT2D eigenvalue weighted by molar-refractivity contribution is 0.243. The molecule has 0 aliphatic carbocycles. The molecule has 0 bridgehead atoms. The molecule has 8 nitrogen and oxygen atoms in total. The molecule has 1 atom stereocenters. The van der Waals surface area contributed by atoms with Gasteiger partial charge in [-0.1, -0.05) is 0 Å². The lowest BCUT2D eigenvalue weighted by Crippen LogP contribution is -2.12. The number of fused-ring (bicyclic) bond motifs is 1. The normalized spacial score (nSPS) is 12.4. The largest absolute Gasteiger partial charge is 0.489 e. The van der Waals surface area contributed by atoms with Gasteiger partial charge in [-0.2, -0.15) is 0 Å². The van der Waals surface area contributed by atoms with E-state index in [-0.39, 0.29) is 6.10 Å². The molecule has 0 amide bonds. The third-order valence-corrected chi connectivity index (χ3v) is 5.28. The summed E-state index contributed by atoms with van der Waals surface area (Å²) < 4.78 is 26.5. The van der Waals surface area contributed by atoms with Gasteiger partial charge in [0.25, 0.3) is 0 Å². The molecule has 0 spiro atoms. The second-order valence-electron chi connectivity index (χ2n) is 6.55. The number of hydrogen-bond acceptors (Lipinski definition) is 6. The summed E-state index contributed by atoms with van der Waals surface area (Å²) in [5, 5.41) is 4.12. The maximum Gasteiger partial charge on any atom is 0.144 e. The molecule has 0 aliphatic heterocycles. The van der Waals surface area contributed by atoms with Crippen LogP contribution in [0.4, 0.5) is 11.5 Å². The van der Waals surface area contributed by atoms with E-state index in [1.54, 1.807) is 31.5 Å². The first-order valence-electron chi connectivity index (χ1n) is 9.09. The summed E-state index contributed by atoms with van der Waals surface area (Å²) in [4.78, 5) is 12.5. The van der Waals surface area contributed by atoms with Crippen LogP contribution < -0.4 is 14.8 Å². The average molecular weight is 411 g/mol. The summed E-state index contributed by atoms with van der Waals surface area (Å²) in [5.41, 5.74) is 2.18. The molecule has 4 rings (SSSR count). The van der Waals surface area contributed by atoms with Crippen LogP contribution >= 0.6 is 0 Å². The van der Waals surface area contributed by atoms with Gasteiger partial charge in [0.1, 0.15) is 40.3 Å². The topological polar surface area (TPSA) is 105 Å². The molecule has 29 heavy (non-hydrogen) atoms. The SMILES string of the molecule is CNS(=O)c1ccc(OC(C)C)c(Nc2ncnc3[nH]cc(-c4ccco4)c23)c1. The minimum atomic E-state index is -1.33. The second-order valence-corrected chi connectivity index (χ2v) is 7.97. The van der Waals surface area contributed by atoms with Crippen molar-refractivity contribution in [3.63, 3.8) is 0 Å². The number of rotatable bonds is 7. The van der Waals surface area contributed by atoms with E-state index in [1.165, 1.54) is 6.33 Å². The maximum absolute atomic E-state index is 12.2. The fourth-order valence-corrected chi connectivity index (χ4v) is 3.66. The predicted molar refractivity (Wildman–Crippen MR) is 113 cm³/mol.